The summed E-state index contributed by atoms with van der Waals surface area (Å²) in [6, 6.07) is 12.9. The molecule has 0 atom stereocenters. The Morgan fingerprint density at radius 2 is 2.05 bits per heavy atom. The van der Waals surface area contributed by atoms with Crippen molar-refractivity contribution in [2.24, 2.45) is 0 Å². The molecule has 4 heteroatoms. The summed E-state index contributed by atoms with van der Waals surface area (Å²) >= 11 is 1.65. The maximum absolute atomic E-state index is 13.1. The van der Waals surface area contributed by atoms with Gasteiger partial charge in [-0.1, -0.05) is 35.6 Å². The number of aryl methyl sites for hydroxylation is 1. The predicted molar refractivity (Wildman–Crippen MR) is 83.0 cm³/mol. The Labute approximate surface area is 121 Å². The van der Waals surface area contributed by atoms with Crippen molar-refractivity contribution in [1.82, 2.24) is 4.98 Å². The van der Waals surface area contributed by atoms with Crippen LogP contribution in [0, 0.1) is 12.7 Å². The third-order valence-electron chi connectivity index (χ3n) is 3.20. The van der Waals surface area contributed by atoms with Crippen LogP contribution in [0.3, 0.4) is 0 Å². The zero-order valence-corrected chi connectivity index (χ0v) is 12.0. The Kier molecular flexibility index (Phi) is 3.65. The van der Waals surface area contributed by atoms with Crippen molar-refractivity contribution in [3.63, 3.8) is 0 Å². The van der Waals surface area contributed by atoms with Crippen molar-refractivity contribution in [3.05, 3.63) is 59.4 Å². The maximum atomic E-state index is 13.1. The Hall–Kier alpha value is -1.94. The molecule has 1 heterocycles. The first-order chi connectivity index (χ1) is 9.72. The summed E-state index contributed by atoms with van der Waals surface area (Å²) in [4.78, 5) is 4.59. The summed E-state index contributed by atoms with van der Waals surface area (Å²) < 4.78 is 14.3. The van der Waals surface area contributed by atoms with E-state index < -0.39 is 0 Å². The Balaban J connectivity index is 1.67. The molecule has 0 saturated heterocycles. The summed E-state index contributed by atoms with van der Waals surface area (Å²) in [5.41, 5.74) is 3.25. The summed E-state index contributed by atoms with van der Waals surface area (Å²) in [5, 5.41) is 4.24. The number of nitrogens with one attached hydrogen (secondary N) is 1. The van der Waals surface area contributed by atoms with Gasteiger partial charge in [-0.2, -0.15) is 0 Å². The van der Waals surface area contributed by atoms with Crippen LogP contribution in [-0.4, -0.2) is 11.5 Å². The van der Waals surface area contributed by atoms with Gasteiger partial charge in [0, 0.05) is 6.54 Å². The van der Waals surface area contributed by atoms with Crippen molar-refractivity contribution < 1.29 is 4.39 Å². The number of para-hydroxylation sites is 1. The lowest BCUT2D eigenvalue weighted by Gasteiger charge is -2.02. The highest BCUT2D eigenvalue weighted by Crippen LogP contribution is 2.27. The van der Waals surface area contributed by atoms with E-state index in [1.54, 1.807) is 23.5 Å². The molecular weight excluding hydrogens is 271 g/mol. The van der Waals surface area contributed by atoms with Crippen LogP contribution in [0.2, 0.25) is 0 Å². The molecule has 0 aliphatic rings. The van der Waals surface area contributed by atoms with Crippen molar-refractivity contribution >= 4 is 26.7 Å². The van der Waals surface area contributed by atoms with E-state index in [-0.39, 0.29) is 5.82 Å². The highest BCUT2D eigenvalue weighted by molar-refractivity contribution is 7.22. The molecule has 1 aromatic heterocycles. The van der Waals surface area contributed by atoms with Gasteiger partial charge in [0.25, 0.3) is 0 Å². The number of benzene rings is 2. The first-order valence-electron chi connectivity index (χ1n) is 6.57. The van der Waals surface area contributed by atoms with Gasteiger partial charge >= 0.3 is 0 Å². The molecule has 3 aromatic rings. The lowest BCUT2D eigenvalue weighted by Crippen LogP contribution is -2.04. The minimum atomic E-state index is -0.182. The topological polar surface area (TPSA) is 24.9 Å². The average Bonchev–Trinajstić information content (AvgIpc) is 2.83. The minimum Gasteiger partial charge on any atom is -0.361 e. The van der Waals surface area contributed by atoms with E-state index >= 15 is 0 Å². The molecule has 0 amide bonds. The minimum absolute atomic E-state index is 0.182. The highest BCUT2D eigenvalue weighted by atomic mass is 32.1. The van der Waals surface area contributed by atoms with Crippen LogP contribution in [0.4, 0.5) is 9.52 Å². The largest absolute Gasteiger partial charge is 0.361 e. The fraction of sp³-hybridized carbons (Fsp3) is 0.188. The molecule has 2 nitrogen and oxygen atoms in total. The van der Waals surface area contributed by atoms with E-state index in [9.17, 15) is 4.39 Å². The van der Waals surface area contributed by atoms with Gasteiger partial charge in [-0.15, -0.1) is 0 Å². The van der Waals surface area contributed by atoms with Crippen molar-refractivity contribution in [3.8, 4) is 0 Å². The second-order valence-corrected chi connectivity index (χ2v) is 5.78. The number of hydrogen-bond acceptors (Lipinski definition) is 3. The van der Waals surface area contributed by atoms with Gasteiger partial charge in [0.2, 0.25) is 0 Å². The number of halogens is 1. The second kappa shape index (κ2) is 5.59. The third-order valence-corrected chi connectivity index (χ3v) is 4.18. The van der Waals surface area contributed by atoms with Crippen LogP contribution in [-0.2, 0) is 6.42 Å². The third kappa shape index (κ3) is 2.80. The van der Waals surface area contributed by atoms with Gasteiger partial charge in [0.15, 0.2) is 5.13 Å². The first-order valence-corrected chi connectivity index (χ1v) is 7.38. The quantitative estimate of drug-likeness (QED) is 0.769. The van der Waals surface area contributed by atoms with Crippen LogP contribution in [0.25, 0.3) is 10.2 Å². The van der Waals surface area contributed by atoms with Crippen LogP contribution in [0.5, 0.6) is 0 Å². The van der Waals surface area contributed by atoms with E-state index in [0.717, 1.165) is 29.2 Å². The Morgan fingerprint density at radius 1 is 1.20 bits per heavy atom. The second-order valence-electron chi connectivity index (χ2n) is 4.75. The van der Waals surface area contributed by atoms with Gasteiger partial charge in [-0.05, 0) is 42.7 Å². The summed E-state index contributed by atoms with van der Waals surface area (Å²) in [6.07, 6.45) is 0.784. The molecule has 102 valence electrons. The average molecular weight is 286 g/mol. The van der Waals surface area contributed by atoms with Crippen LogP contribution >= 0.6 is 11.3 Å². The normalized spacial score (nSPS) is 10.9. The molecule has 2 aromatic carbocycles. The maximum Gasteiger partial charge on any atom is 0.183 e. The molecule has 1 N–H and O–H groups in total. The smallest absolute Gasteiger partial charge is 0.183 e. The fourth-order valence-electron chi connectivity index (χ4n) is 2.17. The Bertz CT molecular complexity index is 736. The first kappa shape index (κ1) is 13.1. The number of anilines is 1. The number of aromatic nitrogens is 1. The number of fused-ring (bicyclic) bond motifs is 1. The van der Waals surface area contributed by atoms with Crippen molar-refractivity contribution in [2.45, 2.75) is 13.3 Å². The lowest BCUT2D eigenvalue weighted by molar-refractivity contribution is 0.625. The molecule has 0 radical (unpaired) electrons. The van der Waals surface area contributed by atoms with Crippen molar-refractivity contribution in [2.75, 3.05) is 11.9 Å². The van der Waals surface area contributed by atoms with E-state index in [1.807, 2.05) is 12.1 Å². The molecule has 0 saturated carbocycles. The molecular formula is C16H15FN2S. The zero-order chi connectivity index (χ0) is 13.9. The number of thiazole rings is 1. The van der Waals surface area contributed by atoms with Gasteiger partial charge in [-0.3, -0.25) is 0 Å². The van der Waals surface area contributed by atoms with Crippen molar-refractivity contribution in [1.29, 1.82) is 0 Å². The van der Waals surface area contributed by atoms with Gasteiger partial charge in [0.1, 0.15) is 5.82 Å². The molecule has 0 aliphatic heterocycles. The summed E-state index contributed by atoms with van der Waals surface area (Å²) in [7, 11) is 0. The molecule has 0 spiro atoms. The number of rotatable bonds is 4. The summed E-state index contributed by atoms with van der Waals surface area (Å²) in [6.45, 7) is 2.82. The van der Waals surface area contributed by atoms with Crippen LogP contribution in [0.1, 0.15) is 11.1 Å². The number of nitrogens with zero attached hydrogens (tertiary/aromatic N) is 1. The summed E-state index contributed by atoms with van der Waals surface area (Å²) in [5.74, 6) is -0.182. The van der Waals surface area contributed by atoms with E-state index in [2.05, 4.69) is 29.4 Å². The van der Waals surface area contributed by atoms with E-state index in [1.165, 1.54) is 16.3 Å². The Morgan fingerprint density at radius 3 is 2.85 bits per heavy atom. The van der Waals surface area contributed by atoms with Gasteiger partial charge in [-0.25, -0.2) is 9.37 Å². The van der Waals surface area contributed by atoms with Gasteiger partial charge < -0.3 is 5.32 Å². The van der Waals surface area contributed by atoms with Crippen LogP contribution < -0.4 is 5.32 Å². The van der Waals surface area contributed by atoms with E-state index in [0.29, 0.717) is 0 Å². The SMILES string of the molecule is Cc1cccc2sc(NCCc3cccc(F)c3)nc12. The standard InChI is InChI=1S/C16H15FN2S/c1-11-4-2-7-14-15(11)19-16(20-14)18-9-8-12-5-3-6-13(17)10-12/h2-7,10H,8-9H2,1H3,(H,18,19). The number of hydrogen-bond donors (Lipinski definition) is 1. The van der Waals surface area contributed by atoms with E-state index in [4.69, 9.17) is 0 Å². The monoisotopic (exact) mass is 286 g/mol. The predicted octanol–water partition coefficient (Wildman–Crippen LogP) is 4.40. The molecule has 0 aliphatic carbocycles. The lowest BCUT2D eigenvalue weighted by atomic mass is 10.1. The van der Waals surface area contributed by atoms with Gasteiger partial charge in [0.05, 0.1) is 10.2 Å². The fourth-order valence-corrected chi connectivity index (χ4v) is 3.14. The highest BCUT2D eigenvalue weighted by Gasteiger charge is 2.05. The molecule has 20 heavy (non-hydrogen) atoms. The molecule has 0 unspecified atom stereocenters. The molecule has 0 fully saturated rings. The molecule has 3 rings (SSSR count). The zero-order valence-electron chi connectivity index (χ0n) is 11.2. The molecule has 0 bridgehead atoms. The van der Waals surface area contributed by atoms with Crippen LogP contribution in [0.15, 0.2) is 42.5 Å².